The van der Waals surface area contributed by atoms with Crippen molar-refractivity contribution in [3.8, 4) is 11.4 Å². The first kappa shape index (κ1) is 21.7. The second-order valence-electron chi connectivity index (χ2n) is 7.58. The second-order valence-corrected chi connectivity index (χ2v) is 7.58. The number of aromatic nitrogens is 2. The van der Waals surface area contributed by atoms with Gasteiger partial charge in [-0.3, -0.25) is 4.79 Å². The van der Waals surface area contributed by atoms with Gasteiger partial charge in [0.05, 0.1) is 24.6 Å². The van der Waals surface area contributed by atoms with E-state index in [2.05, 4.69) is 10.00 Å². The molecule has 2 heterocycles. The number of alkyl halides is 3. The van der Waals surface area contributed by atoms with Crippen LogP contribution in [0.25, 0.3) is 5.69 Å². The first-order chi connectivity index (χ1) is 15.3. The van der Waals surface area contributed by atoms with Gasteiger partial charge in [0.1, 0.15) is 5.75 Å². The Morgan fingerprint density at radius 1 is 1.00 bits per heavy atom. The fourth-order valence-electron chi connectivity index (χ4n) is 3.89. The number of methoxy groups -OCH3 is 1. The molecule has 1 fully saturated rings. The fraction of sp³-hybridized carbons (Fsp3) is 0.304. The Hall–Kier alpha value is -3.49. The molecule has 32 heavy (non-hydrogen) atoms. The van der Waals surface area contributed by atoms with Crippen LogP contribution >= 0.6 is 0 Å². The number of benzene rings is 2. The molecule has 0 aliphatic carbocycles. The third-order valence-corrected chi connectivity index (χ3v) is 5.62. The van der Waals surface area contributed by atoms with E-state index in [4.69, 9.17) is 4.74 Å². The number of hydrogen-bond donors (Lipinski definition) is 0. The van der Waals surface area contributed by atoms with Gasteiger partial charge in [-0.15, -0.1) is 0 Å². The minimum absolute atomic E-state index is 0.295. The normalized spacial score (nSPS) is 14.5. The average Bonchev–Trinajstić information content (AvgIpc) is 3.25. The Morgan fingerprint density at radius 2 is 1.66 bits per heavy atom. The molecule has 6 nitrogen and oxygen atoms in total. The molecule has 0 saturated carbocycles. The summed E-state index contributed by atoms with van der Waals surface area (Å²) in [5.41, 5.74) is 0.422. The van der Waals surface area contributed by atoms with Crippen LogP contribution in [0.15, 0.2) is 54.7 Å². The molecule has 1 aliphatic heterocycles. The van der Waals surface area contributed by atoms with Crippen molar-refractivity contribution in [1.82, 2.24) is 14.7 Å². The van der Waals surface area contributed by atoms with Gasteiger partial charge in [-0.05, 0) is 42.8 Å². The summed E-state index contributed by atoms with van der Waals surface area (Å²) in [6.45, 7) is 3.38. The van der Waals surface area contributed by atoms with E-state index in [9.17, 15) is 18.0 Å². The first-order valence-corrected chi connectivity index (χ1v) is 10.2. The standard InChI is InChI=1S/C23H23F3N4O2/c1-16-5-3-4-6-20(16)30-21(23(24,25)26)19(15-27-30)22(31)29-13-11-28(12-14-29)17-7-9-18(32-2)10-8-17/h3-10,15H,11-14H2,1-2H3. The highest BCUT2D eigenvalue weighted by Gasteiger charge is 2.42. The van der Waals surface area contributed by atoms with Gasteiger partial charge in [-0.1, -0.05) is 18.2 Å². The number of ether oxygens (including phenoxy) is 1. The molecule has 0 spiro atoms. The van der Waals surface area contributed by atoms with Gasteiger partial charge >= 0.3 is 6.18 Å². The number of anilines is 1. The van der Waals surface area contributed by atoms with Crippen molar-refractivity contribution in [2.75, 3.05) is 38.2 Å². The second kappa shape index (κ2) is 8.57. The number of para-hydroxylation sites is 1. The molecule has 0 atom stereocenters. The molecular weight excluding hydrogens is 421 g/mol. The van der Waals surface area contributed by atoms with E-state index in [1.165, 1.54) is 4.90 Å². The molecule has 1 aromatic heterocycles. The van der Waals surface area contributed by atoms with Crippen molar-refractivity contribution in [3.05, 3.63) is 71.5 Å². The molecule has 1 aliphatic rings. The number of carbonyl (C=O) groups excluding carboxylic acids is 1. The summed E-state index contributed by atoms with van der Waals surface area (Å²) in [6.07, 6.45) is -3.71. The first-order valence-electron chi connectivity index (χ1n) is 10.2. The Morgan fingerprint density at radius 3 is 2.25 bits per heavy atom. The summed E-state index contributed by atoms with van der Waals surface area (Å²) in [7, 11) is 1.59. The van der Waals surface area contributed by atoms with Crippen molar-refractivity contribution in [3.63, 3.8) is 0 Å². The van der Waals surface area contributed by atoms with E-state index >= 15 is 0 Å². The van der Waals surface area contributed by atoms with E-state index < -0.39 is 23.3 Å². The number of hydrogen-bond acceptors (Lipinski definition) is 4. The topological polar surface area (TPSA) is 50.6 Å². The fourth-order valence-corrected chi connectivity index (χ4v) is 3.89. The molecule has 168 valence electrons. The Bertz CT molecular complexity index is 1100. The van der Waals surface area contributed by atoms with Crippen LogP contribution in [0.2, 0.25) is 0 Å². The lowest BCUT2D eigenvalue weighted by atomic mass is 10.1. The highest BCUT2D eigenvalue weighted by Crippen LogP contribution is 2.35. The van der Waals surface area contributed by atoms with Crippen LogP contribution in [-0.2, 0) is 6.18 Å². The van der Waals surface area contributed by atoms with E-state index in [0.29, 0.717) is 37.4 Å². The van der Waals surface area contributed by atoms with Crippen LogP contribution in [0.5, 0.6) is 5.75 Å². The van der Waals surface area contributed by atoms with E-state index in [1.807, 2.05) is 24.3 Å². The summed E-state index contributed by atoms with van der Waals surface area (Å²) < 4.78 is 47.9. The largest absolute Gasteiger partial charge is 0.497 e. The molecule has 1 saturated heterocycles. The maximum atomic E-state index is 14.0. The number of nitrogens with zero attached hydrogens (tertiary/aromatic N) is 4. The zero-order valence-corrected chi connectivity index (χ0v) is 17.8. The van der Waals surface area contributed by atoms with Gasteiger partial charge in [0.15, 0.2) is 5.69 Å². The Kier molecular flexibility index (Phi) is 5.82. The van der Waals surface area contributed by atoms with Crippen molar-refractivity contribution in [2.24, 2.45) is 0 Å². The lowest BCUT2D eigenvalue weighted by Crippen LogP contribution is -2.49. The number of carbonyl (C=O) groups is 1. The van der Waals surface area contributed by atoms with E-state index in [1.54, 1.807) is 38.3 Å². The highest BCUT2D eigenvalue weighted by atomic mass is 19.4. The van der Waals surface area contributed by atoms with Crippen LogP contribution < -0.4 is 9.64 Å². The highest BCUT2D eigenvalue weighted by molar-refractivity contribution is 5.95. The monoisotopic (exact) mass is 444 g/mol. The van der Waals surface area contributed by atoms with Gasteiger partial charge in [0.25, 0.3) is 5.91 Å². The van der Waals surface area contributed by atoms with E-state index in [0.717, 1.165) is 22.3 Å². The smallest absolute Gasteiger partial charge is 0.434 e. The third kappa shape index (κ3) is 4.15. The van der Waals surface area contributed by atoms with Crippen molar-refractivity contribution < 1.29 is 22.7 Å². The molecule has 9 heteroatoms. The SMILES string of the molecule is COc1ccc(N2CCN(C(=O)c3cnn(-c4ccccc4C)c3C(F)(F)F)CC2)cc1. The third-order valence-electron chi connectivity index (χ3n) is 5.62. The van der Waals surface area contributed by atoms with Crippen molar-refractivity contribution in [2.45, 2.75) is 13.1 Å². The van der Waals surface area contributed by atoms with Crippen LogP contribution in [0.3, 0.4) is 0 Å². The van der Waals surface area contributed by atoms with Crippen LogP contribution in [0, 0.1) is 6.92 Å². The summed E-state index contributed by atoms with van der Waals surface area (Å²) in [4.78, 5) is 16.6. The Balaban J connectivity index is 1.56. The van der Waals surface area contributed by atoms with Gasteiger partial charge < -0.3 is 14.5 Å². The predicted molar refractivity (Wildman–Crippen MR) is 114 cm³/mol. The van der Waals surface area contributed by atoms with Crippen LogP contribution in [-0.4, -0.2) is 53.9 Å². The quantitative estimate of drug-likeness (QED) is 0.606. The molecule has 0 bridgehead atoms. The molecule has 0 unspecified atom stereocenters. The summed E-state index contributed by atoms with van der Waals surface area (Å²) >= 11 is 0. The van der Waals surface area contributed by atoms with Gasteiger partial charge in [0.2, 0.25) is 0 Å². The Labute approximate surface area is 183 Å². The molecule has 0 N–H and O–H groups in total. The number of piperazine rings is 1. The number of aryl methyl sites for hydroxylation is 1. The molecule has 4 rings (SSSR count). The van der Waals surface area contributed by atoms with Crippen LogP contribution in [0.4, 0.5) is 18.9 Å². The van der Waals surface area contributed by atoms with Gasteiger partial charge in [-0.25, -0.2) is 4.68 Å². The predicted octanol–water partition coefficient (Wildman–Crippen LogP) is 4.17. The minimum Gasteiger partial charge on any atom is -0.497 e. The van der Waals surface area contributed by atoms with Gasteiger partial charge in [-0.2, -0.15) is 18.3 Å². The summed E-state index contributed by atoms with van der Waals surface area (Å²) in [6, 6.07) is 14.2. The summed E-state index contributed by atoms with van der Waals surface area (Å²) in [5, 5.41) is 3.94. The molecule has 0 radical (unpaired) electrons. The van der Waals surface area contributed by atoms with E-state index in [-0.39, 0.29) is 0 Å². The zero-order chi connectivity index (χ0) is 22.9. The van der Waals surface area contributed by atoms with Crippen molar-refractivity contribution >= 4 is 11.6 Å². The molecule has 1 amide bonds. The summed E-state index contributed by atoms with van der Waals surface area (Å²) in [5.74, 6) is 0.0828. The zero-order valence-electron chi connectivity index (χ0n) is 17.8. The number of rotatable bonds is 4. The molecule has 2 aromatic carbocycles. The molecule has 3 aromatic rings. The minimum atomic E-state index is -4.73. The number of halogens is 3. The molecular formula is C23H23F3N4O2. The number of amides is 1. The lowest BCUT2D eigenvalue weighted by molar-refractivity contribution is -0.143. The maximum Gasteiger partial charge on any atom is 0.434 e. The lowest BCUT2D eigenvalue weighted by Gasteiger charge is -2.36. The average molecular weight is 444 g/mol. The maximum absolute atomic E-state index is 14.0. The van der Waals surface area contributed by atoms with Crippen molar-refractivity contribution in [1.29, 1.82) is 0 Å². The van der Waals surface area contributed by atoms with Crippen LogP contribution in [0.1, 0.15) is 21.6 Å². The van der Waals surface area contributed by atoms with Gasteiger partial charge in [0, 0.05) is 31.9 Å².